The lowest BCUT2D eigenvalue weighted by atomic mass is 10.2. The highest BCUT2D eigenvalue weighted by Gasteiger charge is 2.13. The molecular formula is C28H30N2O4. The van der Waals surface area contributed by atoms with Gasteiger partial charge >= 0.3 is 0 Å². The molecule has 34 heavy (non-hydrogen) atoms. The van der Waals surface area contributed by atoms with E-state index in [1.807, 2.05) is 79.7 Å². The SMILES string of the molecule is C/C=C\c1ccc(OCc2nc3ccccc3n2CCCOc2ccc(OC)cc2)c(OC)c1. The zero-order chi connectivity index (χ0) is 23.8. The summed E-state index contributed by atoms with van der Waals surface area (Å²) in [6, 6.07) is 21.7. The minimum atomic E-state index is 0.341. The van der Waals surface area contributed by atoms with Gasteiger partial charge in [-0.1, -0.05) is 30.4 Å². The summed E-state index contributed by atoms with van der Waals surface area (Å²) in [5.74, 6) is 3.90. The number of allylic oxidation sites excluding steroid dienone is 1. The Kier molecular flexibility index (Phi) is 7.71. The summed E-state index contributed by atoms with van der Waals surface area (Å²) < 4.78 is 25.0. The number of methoxy groups -OCH3 is 2. The number of aromatic nitrogens is 2. The van der Waals surface area contributed by atoms with Gasteiger partial charge in [-0.15, -0.1) is 0 Å². The molecule has 1 aromatic heterocycles. The molecule has 6 heteroatoms. The molecule has 1 heterocycles. The third kappa shape index (κ3) is 5.52. The minimum Gasteiger partial charge on any atom is -0.497 e. The van der Waals surface area contributed by atoms with Crippen LogP contribution in [0.1, 0.15) is 24.7 Å². The number of fused-ring (bicyclic) bond motifs is 1. The van der Waals surface area contributed by atoms with Crippen molar-refractivity contribution in [2.45, 2.75) is 26.5 Å². The van der Waals surface area contributed by atoms with Crippen LogP contribution in [0.3, 0.4) is 0 Å². The zero-order valence-corrected chi connectivity index (χ0v) is 19.9. The fourth-order valence-electron chi connectivity index (χ4n) is 3.81. The van der Waals surface area contributed by atoms with Crippen molar-refractivity contribution < 1.29 is 18.9 Å². The first-order valence-corrected chi connectivity index (χ1v) is 11.4. The molecule has 0 N–H and O–H groups in total. The molecule has 6 nitrogen and oxygen atoms in total. The first-order chi connectivity index (χ1) is 16.7. The van der Waals surface area contributed by atoms with Crippen LogP contribution < -0.4 is 18.9 Å². The Morgan fingerprint density at radius 2 is 1.65 bits per heavy atom. The van der Waals surface area contributed by atoms with E-state index in [0.29, 0.717) is 24.7 Å². The summed E-state index contributed by atoms with van der Waals surface area (Å²) in [5, 5.41) is 0. The van der Waals surface area contributed by atoms with Crippen molar-refractivity contribution in [3.05, 3.63) is 84.2 Å². The molecule has 3 aromatic carbocycles. The van der Waals surface area contributed by atoms with Gasteiger partial charge in [0.05, 0.1) is 31.9 Å². The molecule has 0 aliphatic rings. The van der Waals surface area contributed by atoms with E-state index in [1.165, 1.54) is 0 Å². The number of para-hydroxylation sites is 2. The van der Waals surface area contributed by atoms with E-state index in [4.69, 9.17) is 23.9 Å². The van der Waals surface area contributed by atoms with Crippen molar-refractivity contribution >= 4 is 17.1 Å². The number of nitrogens with zero attached hydrogens (tertiary/aromatic N) is 2. The number of benzene rings is 3. The molecule has 0 amide bonds. The topological polar surface area (TPSA) is 54.7 Å². The van der Waals surface area contributed by atoms with Crippen LogP contribution in [0, 0.1) is 0 Å². The maximum atomic E-state index is 6.14. The van der Waals surface area contributed by atoms with Crippen LogP contribution in [0.15, 0.2) is 72.8 Å². The van der Waals surface area contributed by atoms with Crippen molar-refractivity contribution in [3.8, 4) is 23.0 Å². The molecule has 0 atom stereocenters. The number of hydrogen-bond acceptors (Lipinski definition) is 5. The monoisotopic (exact) mass is 458 g/mol. The Morgan fingerprint density at radius 3 is 2.41 bits per heavy atom. The second-order valence-corrected chi connectivity index (χ2v) is 7.74. The lowest BCUT2D eigenvalue weighted by Gasteiger charge is -2.13. The number of aryl methyl sites for hydroxylation is 1. The Bertz CT molecular complexity index is 1250. The third-order valence-electron chi connectivity index (χ3n) is 5.49. The van der Waals surface area contributed by atoms with Crippen molar-refractivity contribution in [1.29, 1.82) is 0 Å². The third-order valence-corrected chi connectivity index (χ3v) is 5.49. The summed E-state index contributed by atoms with van der Waals surface area (Å²) in [6.07, 6.45) is 4.86. The summed E-state index contributed by atoms with van der Waals surface area (Å²) in [4.78, 5) is 4.82. The summed E-state index contributed by atoms with van der Waals surface area (Å²) in [6.45, 7) is 3.70. The average molecular weight is 459 g/mol. The molecule has 0 fully saturated rings. The Morgan fingerprint density at radius 1 is 0.853 bits per heavy atom. The van der Waals surface area contributed by atoms with Crippen LogP contribution in [0.25, 0.3) is 17.1 Å². The zero-order valence-electron chi connectivity index (χ0n) is 19.9. The maximum Gasteiger partial charge on any atom is 0.161 e. The van der Waals surface area contributed by atoms with Gasteiger partial charge in [0.25, 0.3) is 0 Å². The van der Waals surface area contributed by atoms with Crippen LogP contribution in [-0.2, 0) is 13.2 Å². The van der Waals surface area contributed by atoms with Gasteiger partial charge in [-0.2, -0.15) is 0 Å². The summed E-state index contributed by atoms with van der Waals surface area (Å²) >= 11 is 0. The molecule has 0 unspecified atom stereocenters. The maximum absolute atomic E-state index is 6.14. The minimum absolute atomic E-state index is 0.341. The second kappa shape index (κ2) is 11.3. The summed E-state index contributed by atoms with van der Waals surface area (Å²) in [7, 11) is 3.31. The fourth-order valence-corrected chi connectivity index (χ4v) is 3.81. The summed E-state index contributed by atoms with van der Waals surface area (Å²) in [5.41, 5.74) is 3.10. The van der Waals surface area contributed by atoms with E-state index < -0.39 is 0 Å². The highest BCUT2D eigenvalue weighted by molar-refractivity contribution is 5.75. The van der Waals surface area contributed by atoms with Crippen LogP contribution in [0.5, 0.6) is 23.0 Å². The van der Waals surface area contributed by atoms with Gasteiger partial charge in [0.15, 0.2) is 11.5 Å². The van der Waals surface area contributed by atoms with Crippen molar-refractivity contribution in [1.82, 2.24) is 9.55 Å². The molecule has 4 aromatic rings. The first kappa shape index (κ1) is 23.2. The molecule has 0 aliphatic heterocycles. The molecular weight excluding hydrogens is 428 g/mol. The standard InChI is InChI=1S/C28H30N2O4/c1-4-8-21-11-16-26(27(19-21)32-3)34-20-28-29-24-9-5-6-10-25(24)30(28)17-7-18-33-23-14-12-22(31-2)13-15-23/h4-6,8-16,19H,7,17-18,20H2,1-3H3/b8-4-. The molecule has 176 valence electrons. The molecule has 0 aliphatic carbocycles. The van der Waals surface area contributed by atoms with Crippen molar-refractivity contribution in [2.24, 2.45) is 0 Å². The predicted molar refractivity (Wildman–Crippen MR) is 135 cm³/mol. The lowest BCUT2D eigenvalue weighted by Crippen LogP contribution is -2.10. The average Bonchev–Trinajstić information content (AvgIpc) is 3.23. The van der Waals surface area contributed by atoms with Crippen molar-refractivity contribution in [3.63, 3.8) is 0 Å². The van der Waals surface area contributed by atoms with E-state index in [9.17, 15) is 0 Å². The number of rotatable bonds is 11. The van der Waals surface area contributed by atoms with Gasteiger partial charge < -0.3 is 23.5 Å². The van der Waals surface area contributed by atoms with Crippen molar-refractivity contribution in [2.75, 3.05) is 20.8 Å². The molecule has 0 radical (unpaired) electrons. The van der Waals surface area contributed by atoms with E-state index >= 15 is 0 Å². The highest BCUT2D eigenvalue weighted by atomic mass is 16.5. The van der Waals surface area contributed by atoms with E-state index in [0.717, 1.165) is 46.9 Å². The van der Waals surface area contributed by atoms with E-state index in [-0.39, 0.29) is 0 Å². The van der Waals surface area contributed by atoms with Gasteiger partial charge in [-0.3, -0.25) is 0 Å². The molecule has 0 spiro atoms. The van der Waals surface area contributed by atoms with Crippen LogP contribution >= 0.6 is 0 Å². The number of hydrogen-bond donors (Lipinski definition) is 0. The first-order valence-electron chi connectivity index (χ1n) is 11.4. The molecule has 4 rings (SSSR count). The molecule has 0 saturated carbocycles. The Labute approximate surface area is 200 Å². The second-order valence-electron chi connectivity index (χ2n) is 7.74. The fraction of sp³-hybridized carbons (Fsp3) is 0.250. The van der Waals surface area contributed by atoms with Gasteiger partial charge in [-0.05, 0) is 67.4 Å². The normalized spacial score (nSPS) is 11.1. The quantitative estimate of drug-likeness (QED) is 0.253. The van der Waals surface area contributed by atoms with E-state index in [2.05, 4.69) is 10.6 Å². The number of imidazole rings is 1. The Balaban J connectivity index is 1.44. The lowest BCUT2D eigenvalue weighted by molar-refractivity contribution is 0.267. The smallest absolute Gasteiger partial charge is 0.161 e. The van der Waals surface area contributed by atoms with E-state index in [1.54, 1.807) is 14.2 Å². The van der Waals surface area contributed by atoms with Crippen LogP contribution in [0.4, 0.5) is 0 Å². The highest BCUT2D eigenvalue weighted by Crippen LogP contribution is 2.30. The predicted octanol–water partition coefficient (Wildman–Crippen LogP) is 6.13. The molecule has 0 bridgehead atoms. The van der Waals surface area contributed by atoms with Crippen LogP contribution in [0.2, 0.25) is 0 Å². The van der Waals surface area contributed by atoms with Gasteiger partial charge in [0, 0.05) is 6.54 Å². The molecule has 0 saturated heterocycles. The number of ether oxygens (including phenoxy) is 4. The Hall–Kier alpha value is -3.93. The van der Waals surface area contributed by atoms with Gasteiger partial charge in [-0.25, -0.2) is 4.98 Å². The van der Waals surface area contributed by atoms with Crippen LogP contribution in [-0.4, -0.2) is 30.4 Å². The largest absolute Gasteiger partial charge is 0.497 e. The van der Waals surface area contributed by atoms with Gasteiger partial charge in [0.1, 0.15) is 23.9 Å². The van der Waals surface area contributed by atoms with Gasteiger partial charge in [0.2, 0.25) is 0 Å².